The van der Waals surface area contributed by atoms with E-state index in [0.29, 0.717) is 18.2 Å². The van der Waals surface area contributed by atoms with Gasteiger partial charge in [0, 0.05) is 38.8 Å². The first kappa shape index (κ1) is 16.9. The van der Waals surface area contributed by atoms with E-state index in [0.717, 1.165) is 31.5 Å². The molecule has 0 bridgehead atoms. The van der Waals surface area contributed by atoms with Crippen molar-refractivity contribution in [2.45, 2.75) is 65.6 Å². The maximum atomic E-state index is 5.47. The Hall–Kier alpha value is -0.120. The second-order valence-corrected chi connectivity index (χ2v) is 6.35. The Balaban J connectivity index is 2.68. The van der Waals surface area contributed by atoms with Crippen LogP contribution in [-0.4, -0.2) is 49.8 Å². The molecule has 3 heteroatoms. The third-order valence-electron chi connectivity index (χ3n) is 5.02. The summed E-state index contributed by atoms with van der Waals surface area (Å²) in [6.07, 6.45) is 2.82. The molecule has 1 aliphatic rings. The van der Waals surface area contributed by atoms with Gasteiger partial charge < -0.3 is 10.1 Å². The van der Waals surface area contributed by atoms with E-state index in [9.17, 15) is 0 Å². The zero-order valence-corrected chi connectivity index (χ0v) is 13.8. The number of hydrogen-bond acceptors (Lipinski definition) is 3. The minimum absolute atomic E-state index is 0.322. The van der Waals surface area contributed by atoms with Crippen LogP contribution >= 0.6 is 0 Å². The van der Waals surface area contributed by atoms with Crippen LogP contribution in [0.25, 0.3) is 0 Å². The molecule has 0 radical (unpaired) electrons. The number of nitrogens with one attached hydrogen (secondary N) is 1. The average Bonchev–Trinajstić information content (AvgIpc) is 2.45. The lowest BCUT2D eigenvalue weighted by atomic mass is 9.90. The molecule has 1 heterocycles. The SMILES string of the molecule is CCC(C)C1CN(CC(C)OC)C(C(C)CC)CN1. The minimum Gasteiger partial charge on any atom is -0.380 e. The van der Waals surface area contributed by atoms with Crippen LogP contribution in [0.4, 0.5) is 0 Å². The lowest BCUT2D eigenvalue weighted by Gasteiger charge is -2.45. The van der Waals surface area contributed by atoms with Crippen LogP contribution in [0, 0.1) is 11.8 Å². The van der Waals surface area contributed by atoms with Crippen molar-refractivity contribution in [3.05, 3.63) is 0 Å². The summed E-state index contributed by atoms with van der Waals surface area (Å²) in [5.74, 6) is 1.49. The van der Waals surface area contributed by atoms with Gasteiger partial charge in [-0.1, -0.05) is 40.5 Å². The molecular weight excluding hydrogens is 236 g/mol. The number of methoxy groups -OCH3 is 1. The molecule has 0 aromatic heterocycles. The van der Waals surface area contributed by atoms with E-state index < -0.39 is 0 Å². The van der Waals surface area contributed by atoms with Gasteiger partial charge in [-0.05, 0) is 18.8 Å². The highest BCUT2D eigenvalue weighted by Gasteiger charge is 2.33. The first-order chi connectivity index (χ1) is 9.03. The van der Waals surface area contributed by atoms with Crippen molar-refractivity contribution in [3.63, 3.8) is 0 Å². The summed E-state index contributed by atoms with van der Waals surface area (Å²) in [6, 6.07) is 1.29. The fraction of sp³-hybridized carbons (Fsp3) is 1.00. The van der Waals surface area contributed by atoms with Crippen LogP contribution in [0.3, 0.4) is 0 Å². The lowest BCUT2D eigenvalue weighted by Crippen LogP contribution is -2.61. The van der Waals surface area contributed by atoms with Crippen LogP contribution in [0.2, 0.25) is 0 Å². The van der Waals surface area contributed by atoms with E-state index in [1.165, 1.54) is 12.8 Å². The number of nitrogens with zero attached hydrogens (tertiary/aromatic N) is 1. The number of hydrogen-bond donors (Lipinski definition) is 1. The van der Waals surface area contributed by atoms with Gasteiger partial charge >= 0.3 is 0 Å². The predicted octanol–water partition coefficient (Wildman–Crippen LogP) is 2.76. The molecule has 3 nitrogen and oxygen atoms in total. The third kappa shape index (κ3) is 4.73. The van der Waals surface area contributed by atoms with E-state index >= 15 is 0 Å². The van der Waals surface area contributed by atoms with Gasteiger partial charge in [-0.25, -0.2) is 0 Å². The molecule has 0 amide bonds. The smallest absolute Gasteiger partial charge is 0.0670 e. The summed E-state index contributed by atoms with van der Waals surface area (Å²) in [6.45, 7) is 14.8. The monoisotopic (exact) mass is 270 g/mol. The molecule has 5 atom stereocenters. The van der Waals surface area contributed by atoms with Gasteiger partial charge in [0.2, 0.25) is 0 Å². The highest BCUT2D eigenvalue weighted by Crippen LogP contribution is 2.22. The summed E-state index contributed by atoms with van der Waals surface area (Å²) in [7, 11) is 1.82. The Morgan fingerprint density at radius 1 is 1.16 bits per heavy atom. The summed E-state index contributed by atoms with van der Waals surface area (Å²) < 4.78 is 5.47. The van der Waals surface area contributed by atoms with Crippen molar-refractivity contribution < 1.29 is 4.74 Å². The first-order valence-electron chi connectivity index (χ1n) is 8.03. The van der Waals surface area contributed by atoms with Crippen LogP contribution in [0.5, 0.6) is 0 Å². The summed E-state index contributed by atoms with van der Waals surface area (Å²) in [5.41, 5.74) is 0. The highest BCUT2D eigenvalue weighted by molar-refractivity contribution is 4.90. The van der Waals surface area contributed by atoms with E-state index in [1.54, 1.807) is 0 Å². The van der Waals surface area contributed by atoms with Gasteiger partial charge in [0.1, 0.15) is 0 Å². The van der Waals surface area contributed by atoms with Crippen molar-refractivity contribution in [2.75, 3.05) is 26.7 Å². The van der Waals surface area contributed by atoms with Crippen molar-refractivity contribution in [2.24, 2.45) is 11.8 Å². The zero-order chi connectivity index (χ0) is 14.4. The molecule has 1 rings (SSSR count). The second kappa shape index (κ2) is 8.23. The quantitative estimate of drug-likeness (QED) is 0.770. The molecule has 0 aromatic carbocycles. The van der Waals surface area contributed by atoms with E-state index in [-0.39, 0.29) is 0 Å². The third-order valence-corrected chi connectivity index (χ3v) is 5.02. The fourth-order valence-electron chi connectivity index (χ4n) is 2.97. The molecule has 0 aliphatic carbocycles. The molecule has 1 saturated heterocycles. The number of piperazine rings is 1. The van der Waals surface area contributed by atoms with Crippen molar-refractivity contribution >= 4 is 0 Å². The molecule has 5 unspecified atom stereocenters. The van der Waals surface area contributed by atoms with Gasteiger partial charge in [-0.2, -0.15) is 0 Å². The zero-order valence-electron chi connectivity index (χ0n) is 13.8. The van der Waals surface area contributed by atoms with Gasteiger partial charge in [0.25, 0.3) is 0 Å². The topological polar surface area (TPSA) is 24.5 Å². The fourth-order valence-corrected chi connectivity index (χ4v) is 2.97. The van der Waals surface area contributed by atoms with Crippen molar-refractivity contribution in [3.8, 4) is 0 Å². The normalized spacial score (nSPS) is 30.0. The van der Waals surface area contributed by atoms with Crippen LogP contribution < -0.4 is 5.32 Å². The van der Waals surface area contributed by atoms with Crippen molar-refractivity contribution in [1.29, 1.82) is 0 Å². The van der Waals surface area contributed by atoms with Crippen LogP contribution in [0.1, 0.15) is 47.5 Å². The lowest BCUT2D eigenvalue weighted by molar-refractivity contribution is 0.0186. The predicted molar refractivity (Wildman–Crippen MR) is 82.5 cm³/mol. The Morgan fingerprint density at radius 3 is 2.32 bits per heavy atom. The molecule has 114 valence electrons. The average molecular weight is 270 g/mol. The van der Waals surface area contributed by atoms with Crippen molar-refractivity contribution in [1.82, 2.24) is 10.2 Å². The molecular formula is C16H34N2O. The molecule has 0 aromatic rings. The van der Waals surface area contributed by atoms with Crippen LogP contribution in [0.15, 0.2) is 0 Å². The highest BCUT2D eigenvalue weighted by atomic mass is 16.5. The molecule has 1 aliphatic heterocycles. The summed E-state index contributed by atoms with van der Waals surface area (Å²) in [5, 5.41) is 3.77. The van der Waals surface area contributed by atoms with Gasteiger partial charge in [-0.15, -0.1) is 0 Å². The summed E-state index contributed by atoms with van der Waals surface area (Å²) >= 11 is 0. The number of ether oxygens (including phenoxy) is 1. The Labute approximate surface area is 120 Å². The van der Waals surface area contributed by atoms with Gasteiger partial charge in [0.05, 0.1) is 6.10 Å². The Kier molecular flexibility index (Phi) is 7.33. The van der Waals surface area contributed by atoms with Gasteiger partial charge in [0.15, 0.2) is 0 Å². The number of rotatable bonds is 7. The van der Waals surface area contributed by atoms with E-state index in [4.69, 9.17) is 4.74 Å². The molecule has 0 spiro atoms. The van der Waals surface area contributed by atoms with Crippen LogP contribution in [-0.2, 0) is 4.74 Å². The second-order valence-electron chi connectivity index (χ2n) is 6.35. The maximum absolute atomic E-state index is 5.47. The van der Waals surface area contributed by atoms with E-state index in [2.05, 4.69) is 44.8 Å². The molecule has 0 saturated carbocycles. The standard InChI is InChI=1S/C16H34N2O/c1-7-12(3)15-11-18(10-14(5)19-6)16(9-17-15)13(4)8-2/h12-17H,7-11H2,1-6H3. The van der Waals surface area contributed by atoms with E-state index in [1.807, 2.05) is 7.11 Å². The maximum Gasteiger partial charge on any atom is 0.0670 e. The molecule has 1 N–H and O–H groups in total. The Morgan fingerprint density at radius 2 is 1.79 bits per heavy atom. The van der Waals surface area contributed by atoms with Gasteiger partial charge in [-0.3, -0.25) is 4.90 Å². The molecule has 19 heavy (non-hydrogen) atoms. The first-order valence-corrected chi connectivity index (χ1v) is 8.03. The Bertz CT molecular complexity index is 247. The largest absolute Gasteiger partial charge is 0.380 e. The minimum atomic E-state index is 0.322. The molecule has 1 fully saturated rings. The summed E-state index contributed by atoms with van der Waals surface area (Å²) in [4.78, 5) is 2.66.